The van der Waals surface area contributed by atoms with E-state index in [1.165, 1.54) is 26.0 Å². The number of dihydropyridines is 1. The Hall–Kier alpha value is -4.13. The average molecular weight is 590 g/mol. The van der Waals surface area contributed by atoms with Crippen molar-refractivity contribution >= 4 is 29.2 Å². The van der Waals surface area contributed by atoms with Crippen LogP contribution >= 0.6 is 11.6 Å². The second-order valence-electron chi connectivity index (χ2n) is 9.40. The van der Waals surface area contributed by atoms with Gasteiger partial charge in [0.25, 0.3) is 5.69 Å². The molecule has 0 fully saturated rings. The molecule has 3 rings (SSSR count). The van der Waals surface area contributed by atoms with Gasteiger partial charge in [-0.3, -0.25) is 10.1 Å². The quantitative estimate of drug-likeness (QED) is 0.116. The third kappa shape index (κ3) is 8.43. The first-order valence-electron chi connectivity index (χ1n) is 12.8. The number of rotatable bonds is 15. The maximum absolute atomic E-state index is 12.2. The first-order valence-corrected chi connectivity index (χ1v) is 13.2. The smallest absolute Gasteiger partial charge is 0.334 e. The van der Waals surface area contributed by atoms with Crippen molar-refractivity contribution in [1.82, 2.24) is 10.6 Å². The third-order valence-corrected chi connectivity index (χ3v) is 6.63. The summed E-state index contributed by atoms with van der Waals surface area (Å²) in [5.74, 6) is -3.24. The minimum atomic E-state index is -1.35. The van der Waals surface area contributed by atoms with Gasteiger partial charge in [-0.2, -0.15) is 0 Å². The Morgan fingerprint density at radius 3 is 2.27 bits per heavy atom. The Labute approximate surface area is 241 Å². The Balaban J connectivity index is 1.61. The number of nitro benzene ring substituents is 1. The van der Waals surface area contributed by atoms with E-state index in [1.54, 1.807) is 24.3 Å². The summed E-state index contributed by atoms with van der Waals surface area (Å²) in [6.45, 7) is 4.18. The van der Waals surface area contributed by atoms with Gasteiger partial charge in [0.1, 0.15) is 24.2 Å². The maximum Gasteiger partial charge on any atom is 0.334 e. The molecule has 1 aliphatic rings. The van der Waals surface area contributed by atoms with Crippen LogP contribution in [0.2, 0.25) is 5.02 Å². The van der Waals surface area contributed by atoms with Crippen LogP contribution in [-0.2, 0) is 9.59 Å². The summed E-state index contributed by atoms with van der Waals surface area (Å²) in [7, 11) is 0. The van der Waals surface area contributed by atoms with Crippen molar-refractivity contribution in [3.8, 4) is 11.5 Å². The fourth-order valence-corrected chi connectivity index (χ4v) is 4.59. The number of benzene rings is 2. The minimum absolute atomic E-state index is 0.0798. The number of ether oxygens (including phenoxy) is 2. The monoisotopic (exact) mass is 589 g/mol. The number of unbranched alkanes of at least 4 members (excludes halogenated alkanes) is 1. The average Bonchev–Trinajstić information content (AvgIpc) is 2.91. The summed E-state index contributed by atoms with van der Waals surface area (Å²) in [6.07, 6.45) is 0.502. The first kappa shape index (κ1) is 31.4. The highest BCUT2D eigenvalue weighted by molar-refractivity contribution is 6.30. The van der Waals surface area contributed by atoms with Crippen LogP contribution in [0.25, 0.3) is 0 Å². The number of nitrogens with zero attached hydrogens (tertiary/aromatic N) is 1. The van der Waals surface area contributed by atoms with E-state index in [2.05, 4.69) is 10.6 Å². The lowest BCUT2D eigenvalue weighted by Gasteiger charge is -2.29. The van der Waals surface area contributed by atoms with Gasteiger partial charge in [0.2, 0.25) is 0 Å². The van der Waals surface area contributed by atoms with Gasteiger partial charge in [0, 0.05) is 40.7 Å². The summed E-state index contributed by atoms with van der Waals surface area (Å²) in [5.41, 5.74) is -0.250. The summed E-state index contributed by atoms with van der Waals surface area (Å²) in [6, 6.07) is 10.6. The molecule has 220 valence electrons. The number of carboxylic acid groups (broad SMARTS) is 2. The molecular weight excluding hydrogens is 558 g/mol. The lowest BCUT2D eigenvalue weighted by molar-refractivity contribution is -0.384. The number of hydrogen-bond acceptors (Lipinski definition) is 9. The van der Waals surface area contributed by atoms with Crippen LogP contribution in [0, 0.1) is 10.1 Å². The van der Waals surface area contributed by atoms with Gasteiger partial charge in [-0.05, 0) is 63.6 Å². The van der Waals surface area contributed by atoms with E-state index in [-0.39, 0.29) is 52.8 Å². The van der Waals surface area contributed by atoms with Gasteiger partial charge in [0.15, 0.2) is 0 Å². The van der Waals surface area contributed by atoms with E-state index < -0.39 is 28.9 Å². The Morgan fingerprint density at radius 2 is 1.68 bits per heavy atom. The largest absolute Gasteiger partial charge is 0.493 e. The summed E-state index contributed by atoms with van der Waals surface area (Å²) in [4.78, 5) is 35.2. The zero-order chi connectivity index (χ0) is 30.1. The number of nitro groups is 1. The van der Waals surface area contributed by atoms with Gasteiger partial charge in [-0.25, -0.2) is 9.59 Å². The highest BCUT2D eigenvalue weighted by atomic mass is 35.5. The molecule has 0 bridgehead atoms. The number of aliphatic hydroxyl groups is 1. The van der Waals surface area contributed by atoms with Gasteiger partial charge < -0.3 is 35.4 Å². The van der Waals surface area contributed by atoms with Crippen LogP contribution < -0.4 is 20.1 Å². The zero-order valence-corrected chi connectivity index (χ0v) is 23.3. The lowest BCUT2D eigenvalue weighted by atomic mass is 9.80. The molecule has 2 aromatic carbocycles. The molecule has 1 heterocycles. The minimum Gasteiger partial charge on any atom is -0.493 e. The SMILES string of the molecule is CC1=C(C(=O)O)C(c2cc([N+](=O)[O-])ccc2OCCCCNCC(O)COc2ccc(Cl)cc2)C(C(=O)O)=C(C)N1. The first-order chi connectivity index (χ1) is 19.5. The Morgan fingerprint density at radius 1 is 1.05 bits per heavy atom. The van der Waals surface area contributed by atoms with Crippen molar-refractivity contribution in [1.29, 1.82) is 0 Å². The highest BCUT2D eigenvalue weighted by Crippen LogP contribution is 2.43. The molecule has 1 unspecified atom stereocenters. The van der Waals surface area contributed by atoms with Crippen LogP contribution in [0.4, 0.5) is 5.69 Å². The Bertz CT molecular complexity index is 1310. The number of halogens is 1. The number of carbonyl (C=O) groups is 2. The number of aliphatic hydroxyl groups excluding tert-OH is 1. The summed E-state index contributed by atoms with van der Waals surface area (Å²) < 4.78 is 11.4. The fourth-order valence-electron chi connectivity index (χ4n) is 4.46. The van der Waals surface area contributed by atoms with E-state index in [1.807, 2.05) is 0 Å². The fraction of sp³-hybridized carbons (Fsp3) is 0.357. The molecule has 41 heavy (non-hydrogen) atoms. The summed E-state index contributed by atoms with van der Waals surface area (Å²) in [5, 5.41) is 47.9. The molecule has 5 N–H and O–H groups in total. The van der Waals surface area contributed by atoms with Crippen LogP contribution in [0.15, 0.2) is 65.0 Å². The molecule has 0 saturated heterocycles. The molecule has 13 heteroatoms. The van der Waals surface area contributed by atoms with E-state index >= 15 is 0 Å². The number of hydrogen-bond donors (Lipinski definition) is 5. The molecule has 0 spiro atoms. The van der Waals surface area contributed by atoms with Gasteiger partial charge in [-0.15, -0.1) is 0 Å². The summed E-state index contributed by atoms with van der Waals surface area (Å²) >= 11 is 5.84. The number of aliphatic carboxylic acids is 2. The van der Waals surface area contributed by atoms with E-state index in [9.17, 15) is 35.0 Å². The van der Waals surface area contributed by atoms with Gasteiger partial charge in [0.05, 0.1) is 28.6 Å². The van der Waals surface area contributed by atoms with E-state index in [0.29, 0.717) is 36.7 Å². The van der Waals surface area contributed by atoms with Crippen molar-refractivity contribution in [3.63, 3.8) is 0 Å². The Kier molecular flexibility index (Phi) is 11.1. The number of nitrogens with one attached hydrogen (secondary N) is 2. The van der Waals surface area contributed by atoms with Gasteiger partial charge >= 0.3 is 11.9 Å². The van der Waals surface area contributed by atoms with Crippen molar-refractivity contribution in [2.75, 3.05) is 26.3 Å². The molecule has 0 radical (unpaired) electrons. The highest BCUT2D eigenvalue weighted by Gasteiger charge is 2.38. The topological polar surface area (TPSA) is 180 Å². The molecule has 0 aliphatic carbocycles. The predicted octanol–water partition coefficient (Wildman–Crippen LogP) is 3.84. The van der Waals surface area contributed by atoms with E-state index in [0.717, 1.165) is 6.07 Å². The molecular formula is C28H32ClN3O9. The molecule has 0 saturated carbocycles. The normalized spacial score (nSPS) is 14.4. The third-order valence-electron chi connectivity index (χ3n) is 6.38. The number of allylic oxidation sites excluding steroid dienone is 2. The van der Waals surface area contributed by atoms with Gasteiger partial charge in [-0.1, -0.05) is 11.6 Å². The molecule has 2 aromatic rings. The van der Waals surface area contributed by atoms with E-state index in [4.69, 9.17) is 21.1 Å². The second kappa shape index (κ2) is 14.5. The lowest BCUT2D eigenvalue weighted by Crippen LogP contribution is -2.32. The maximum atomic E-state index is 12.2. The molecule has 0 amide bonds. The zero-order valence-electron chi connectivity index (χ0n) is 22.6. The van der Waals surface area contributed by atoms with Crippen LogP contribution in [0.5, 0.6) is 11.5 Å². The molecule has 0 aromatic heterocycles. The van der Waals surface area contributed by atoms with Crippen LogP contribution in [0.1, 0.15) is 38.2 Å². The number of non-ortho nitro benzene ring substituents is 1. The van der Waals surface area contributed by atoms with Crippen molar-refractivity contribution in [2.24, 2.45) is 0 Å². The second-order valence-corrected chi connectivity index (χ2v) is 9.84. The van der Waals surface area contributed by atoms with Crippen LogP contribution in [-0.4, -0.2) is 64.6 Å². The van der Waals surface area contributed by atoms with Crippen molar-refractivity contribution in [2.45, 2.75) is 38.7 Å². The van der Waals surface area contributed by atoms with Crippen LogP contribution in [0.3, 0.4) is 0 Å². The molecule has 1 aliphatic heterocycles. The van der Waals surface area contributed by atoms with Crippen molar-refractivity contribution in [3.05, 3.63) is 85.7 Å². The number of carboxylic acids is 2. The standard InChI is InChI=1S/C28H32ClN3O9/c1-16-24(27(34)35)26(25(28(36)37)17(2)31-16)22-13-19(32(38)39)7-10-23(22)40-12-4-3-11-30-14-20(33)15-41-21-8-5-18(29)6-9-21/h5-10,13,20,26,30-31,33H,3-4,11-12,14-15H2,1-2H3,(H,34,35)(H,36,37). The molecule has 12 nitrogen and oxygen atoms in total. The predicted molar refractivity (Wildman–Crippen MR) is 150 cm³/mol. The molecule has 1 atom stereocenters. The van der Waals surface area contributed by atoms with Crippen molar-refractivity contribution < 1.29 is 39.3 Å².